The summed E-state index contributed by atoms with van der Waals surface area (Å²) in [5.41, 5.74) is 0. The predicted molar refractivity (Wildman–Crippen MR) is 150 cm³/mol. The van der Waals surface area contributed by atoms with Crippen molar-refractivity contribution in [2.75, 3.05) is 13.2 Å². The van der Waals surface area contributed by atoms with Crippen LogP contribution in [0.5, 0.6) is 0 Å². The lowest BCUT2D eigenvalue weighted by atomic mass is 9.93. The smallest absolute Gasteiger partial charge is 0.316 e. The van der Waals surface area contributed by atoms with Gasteiger partial charge in [-0.3, -0.25) is 9.59 Å². The number of hydrogen-bond donors (Lipinski definition) is 2. The zero-order valence-electron chi connectivity index (χ0n) is 24.0. The maximum Gasteiger partial charge on any atom is 0.316 e. The van der Waals surface area contributed by atoms with Gasteiger partial charge < -0.3 is 14.9 Å². The molecular formula is C31H60O5. The quantitative estimate of drug-likeness (QED) is 0.0629. The van der Waals surface area contributed by atoms with Gasteiger partial charge >= 0.3 is 5.97 Å². The SMILES string of the molecule is CCCCCCCCCCCCCCCCCCC(C(=O)CCCCCCC)C(=O)OCC(O)CO. The van der Waals surface area contributed by atoms with Crippen LogP contribution >= 0.6 is 0 Å². The van der Waals surface area contributed by atoms with E-state index in [0.717, 1.165) is 44.9 Å². The molecule has 0 aliphatic heterocycles. The topological polar surface area (TPSA) is 83.8 Å². The molecule has 2 unspecified atom stereocenters. The van der Waals surface area contributed by atoms with Gasteiger partial charge in [0.05, 0.1) is 6.61 Å². The zero-order valence-corrected chi connectivity index (χ0v) is 24.0. The Kier molecular flexibility index (Phi) is 26.4. The summed E-state index contributed by atoms with van der Waals surface area (Å²) >= 11 is 0. The lowest BCUT2D eigenvalue weighted by molar-refractivity contribution is -0.155. The number of esters is 1. The third kappa shape index (κ3) is 22.3. The van der Waals surface area contributed by atoms with Gasteiger partial charge in [-0.1, -0.05) is 142 Å². The van der Waals surface area contributed by atoms with Crippen molar-refractivity contribution in [3.8, 4) is 0 Å². The fraction of sp³-hybridized carbons (Fsp3) is 0.935. The van der Waals surface area contributed by atoms with Gasteiger partial charge in [-0.25, -0.2) is 0 Å². The molecule has 5 nitrogen and oxygen atoms in total. The first-order valence-electron chi connectivity index (χ1n) is 15.5. The fourth-order valence-electron chi connectivity index (χ4n) is 4.72. The number of rotatable bonds is 28. The van der Waals surface area contributed by atoms with Gasteiger partial charge in [-0.2, -0.15) is 0 Å². The van der Waals surface area contributed by atoms with E-state index in [1.54, 1.807) is 0 Å². The van der Waals surface area contributed by atoms with Crippen molar-refractivity contribution in [2.24, 2.45) is 5.92 Å². The molecular weight excluding hydrogens is 452 g/mol. The number of unbranched alkanes of at least 4 members (excludes halogenated alkanes) is 19. The molecule has 0 aromatic heterocycles. The highest BCUT2D eigenvalue weighted by atomic mass is 16.5. The van der Waals surface area contributed by atoms with Crippen LogP contribution in [0.1, 0.15) is 162 Å². The number of carbonyl (C=O) groups excluding carboxylic acids is 2. The van der Waals surface area contributed by atoms with E-state index in [9.17, 15) is 14.7 Å². The van der Waals surface area contributed by atoms with Crippen molar-refractivity contribution >= 4 is 11.8 Å². The Morgan fingerprint density at radius 2 is 1.00 bits per heavy atom. The summed E-state index contributed by atoms with van der Waals surface area (Å²) in [7, 11) is 0. The Morgan fingerprint density at radius 3 is 1.42 bits per heavy atom. The first-order valence-corrected chi connectivity index (χ1v) is 15.5. The predicted octanol–water partition coefficient (Wildman–Crippen LogP) is 8.08. The molecule has 0 aliphatic carbocycles. The van der Waals surface area contributed by atoms with Crippen LogP contribution in [-0.2, 0) is 14.3 Å². The molecule has 2 atom stereocenters. The minimum atomic E-state index is -1.09. The van der Waals surface area contributed by atoms with Crippen molar-refractivity contribution in [3.05, 3.63) is 0 Å². The Balaban J connectivity index is 3.95. The first kappa shape index (κ1) is 35.1. The minimum absolute atomic E-state index is 0.0315. The van der Waals surface area contributed by atoms with Crippen molar-refractivity contribution in [1.29, 1.82) is 0 Å². The fourth-order valence-corrected chi connectivity index (χ4v) is 4.72. The van der Waals surface area contributed by atoms with Gasteiger partial charge in [0.1, 0.15) is 24.4 Å². The molecule has 0 bridgehead atoms. The van der Waals surface area contributed by atoms with Crippen molar-refractivity contribution < 1.29 is 24.5 Å². The van der Waals surface area contributed by atoms with Crippen LogP contribution < -0.4 is 0 Å². The zero-order chi connectivity index (χ0) is 26.7. The molecule has 0 radical (unpaired) electrons. The molecule has 0 spiro atoms. The van der Waals surface area contributed by atoms with E-state index in [1.165, 1.54) is 89.9 Å². The second-order valence-electron chi connectivity index (χ2n) is 10.7. The standard InChI is InChI=1S/C31H60O5/c1-3-5-7-9-10-11-12-13-14-15-16-17-18-19-21-22-24-29(31(35)36-27-28(33)26-32)30(34)25-23-20-8-6-4-2/h28-29,32-33H,3-27H2,1-2H3. The van der Waals surface area contributed by atoms with E-state index >= 15 is 0 Å². The lowest BCUT2D eigenvalue weighted by Gasteiger charge is -2.16. The summed E-state index contributed by atoms with van der Waals surface area (Å²) in [5, 5.41) is 18.4. The molecule has 0 fully saturated rings. The van der Waals surface area contributed by atoms with E-state index in [1.807, 2.05) is 0 Å². The maximum atomic E-state index is 12.7. The third-order valence-corrected chi connectivity index (χ3v) is 7.17. The molecule has 2 N–H and O–H groups in total. The molecule has 214 valence electrons. The molecule has 0 aliphatic rings. The highest BCUT2D eigenvalue weighted by Gasteiger charge is 2.27. The average molecular weight is 513 g/mol. The van der Waals surface area contributed by atoms with Gasteiger partial charge in [0.25, 0.3) is 0 Å². The highest BCUT2D eigenvalue weighted by molar-refractivity contribution is 5.98. The van der Waals surface area contributed by atoms with Crippen LogP contribution in [0.2, 0.25) is 0 Å². The number of ether oxygens (including phenoxy) is 1. The van der Waals surface area contributed by atoms with E-state index in [2.05, 4.69) is 13.8 Å². The van der Waals surface area contributed by atoms with Crippen LogP contribution in [-0.4, -0.2) is 41.3 Å². The summed E-state index contributed by atoms with van der Waals surface area (Å²) in [6.45, 7) is 3.72. The third-order valence-electron chi connectivity index (χ3n) is 7.17. The maximum absolute atomic E-state index is 12.7. The number of carbonyl (C=O) groups is 2. The van der Waals surface area contributed by atoms with Crippen molar-refractivity contribution in [3.63, 3.8) is 0 Å². The lowest BCUT2D eigenvalue weighted by Crippen LogP contribution is -2.30. The van der Waals surface area contributed by atoms with E-state index in [0.29, 0.717) is 12.8 Å². The van der Waals surface area contributed by atoms with E-state index < -0.39 is 24.6 Å². The van der Waals surface area contributed by atoms with Gasteiger partial charge in [0.15, 0.2) is 0 Å². The number of aliphatic hydroxyl groups excluding tert-OH is 2. The highest BCUT2D eigenvalue weighted by Crippen LogP contribution is 2.19. The average Bonchev–Trinajstić information content (AvgIpc) is 2.88. The van der Waals surface area contributed by atoms with Crippen LogP contribution in [0.15, 0.2) is 0 Å². The molecule has 0 saturated heterocycles. The van der Waals surface area contributed by atoms with Crippen LogP contribution in [0, 0.1) is 5.92 Å². The van der Waals surface area contributed by atoms with E-state index in [4.69, 9.17) is 9.84 Å². The van der Waals surface area contributed by atoms with Gasteiger partial charge in [0, 0.05) is 6.42 Å². The molecule has 0 amide bonds. The Labute approximate surface area is 223 Å². The summed E-state index contributed by atoms with van der Waals surface area (Å²) in [6, 6.07) is 0. The Bertz CT molecular complexity index is 493. The summed E-state index contributed by atoms with van der Waals surface area (Å²) in [4.78, 5) is 25.2. The molecule has 0 heterocycles. The molecule has 5 heteroatoms. The normalized spacial score (nSPS) is 13.0. The molecule has 0 saturated carbocycles. The van der Waals surface area contributed by atoms with Crippen molar-refractivity contribution in [1.82, 2.24) is 0 Å². The van der Waals surface area contributed by atoms with Gasteiger partial charge in [0.2, 0.25) is 0 Å². The van der Waals surface area contributed by atoms with Crippen molar-refractivity contribution in [2.45, 2.75) is 168 Å². The van der Waals surface area contributed by atoms with Gasteiger partial charge in [-0.15, -0.1) is 0 Å². The number of hydrogen-bond acceptors (Lipinski definition) is 5. The van der Waals surface area contributed by atoms with Crippen LogP contribution in [0.25, 0.3) is 0 Å². The molecule has 0 aromatic rings. The number of Topliss-reactive ketones (excluding diaryl/α,β-unsaturated/α-hetero) is 1. The summed E-state index contributed by atoms with van der Waals surface area (Å²) < 4.78 is 5.13. The number of aliphatic hydroxyl groups is 2. The monoisotopic (exact) mass is 512 g/mol. The van der Waals surface area contributed by atoms with Gasteiger partial charge in [-0.05, 0) is 12.8 Å². The second-order valence-corrected chi connectivity index (χ2v) is 10.7. The van der Waals surface area contributed by atoms with Crippen LogP contribution in [0.3, 0.4) is 0 Å². The minimum Gasteiger partial charge on any atom is -0.462 e. The molecule has 0 rings (SSSR count). The Morgan fingerprint density at radius 1 is 0.611 bits per heavy atom. The molecule has 36 heavy (non-hydrogen) atoms. The largest absolute Gasteiger partial charge is 0.462 e. The Hall–Kier alpha value is -0.940. The van der Waals surface area contributed by atoms with E-state index in [-0.39, 0.29) is 12.4 Å². The summed E-state index contributed by atoms with van der Waals surface area (Å²) in [5.74, 6) is -1.30. The first-order chi connectivity index (χ1) is 17.6. The number of ketones is 1. The van der Waals surface area contributed by atoms with Crippen LogP contribution in [0.4, 0.5) is 0 Å². The molecule has 0 aromatic carbocycles. The summed E-state index contributed by atoms with van der Waals surface area (Å²) in [6.07, 6.45) is 25.8. The second kappa shape index (κ2) is 27.1.